The maximum atomic E-state index is 15.6. The fourth-order valence-corrected chi connectivity index (χ4v) is 5.32. The second-order valence-corrected chi connectivity index (χ2v) is 10.7. The molecular formula is C34H28F2N4O3. The van der Waals surface area contributed by atoms with Crippen LogP contribution in [0.15, 0.2) is 72.8 Å². The number of halogens is 2. The Morgan fingerprint density at radius 1 is 1.02 bits per heavy atom. The Bertz CT molecular complexity index is 1890. The Hall–Kier alpha value is -5.10. The van der Waals surface area contributed by atoms with E-state index in [-0.39, 0.29) is 30.5 Å². The summed E-state index contributed by atoms with van der Waals surface area (Å²) in [6, 6.07) is 21.6. The van der Waals surface area contributed by atoms with Crippen LogP contribution in [0.25, 0.3) is 22.3 Å². The minimum atomic E-state index is -0.531. The van der Waals surface area contributed by atoms with E-state index in [9.17, 15) is 9.18 Å². The van der Waals surface area contributed by atoms with Gasteiger partial charge in [0.25, 0.3) is 0 Å². The Kier molecular flexibility index (Phi) is 7.59. The molecule has 0 bridgehead atoms. The maximum Gasteiger partial charge on any atom is 0.337 e. The zero-order valence-electron chi connectivity index (χ0n) is 23.7. The SMILES string of the molecule is COC(=O)c1ccc2nc(Cc3ccc(-c4cccc(OCc5ccc(C#N)cc5F)n4)cc3F)n([C@H](C)C3CC3)c2c1. The Morgan fingerprint density at radius 2 is 1.81 bits per heavy atom. The van der Waals surface area contributed by atoms with Crippen LogP contribution in [0.2, 0.25) is 0 Å². The summed E-state index contributed by atoms with van der Waals surface area (Å²) in [5, 5.41) is 8.93. The number of imidazole rings is 1. The Labute approximate surface area is 247 Å². The molecule has 3 aromatic carbocycles. The fraction of sp³-hybridized carbons (Fsp3) is 0.235. The number of hydrogen-bond acceptors (Lipinski definition) is 6. The van der Waals surface area contributed by atoms with Gasteiger partial charge in [0.15, 0.2) is 0 Å². The standard InChI is InChI=1S/C34H28F2N4O3/c1-20(22-8-9-22)40-31-16-25(34(41)42-2)12-13-30(31)38-32(40)17-23-10-11-24(15-28(23)36)29-4-3-5-33(39-29)43-19-26-7-6-21(18-37)14-27(26)35/h3-7,10-16,20,22H,8-9,17,19H2,1-2H3/t20-/m1/s1. The molecule has 6 rings (SSSR count). The minimum absolute atomic E-state index is 0.0668. The molecule has 0 N–H and O–H groups in total. The van der Waals surface area contributed by atoms with E-state index >= 15 is 4.39 Å². The smallest absolute Gasteiger partial charge is 0.337 e. The zero-order valence-corrected chi connectivity index (χ0v) is 23.7. The highest BCUT2D eigenvalue weighted by molar-refractivity contribution is 5.93. The molecule has 216 valence electrons. The van der Waals surface area contributed by atoms with Gasteiger partial charge in [-0.1, -0.05) is 24.3 Å². The predicted molar refractivity (Wildman–Crippen MR) is 156 cm³/mol. The number of pyridine rings is 1. The molecule has 2 heterocycles. The maximum absolute atomic E-state index is 15.6. The van der Waals surface area contributed by atoms with Crippen LogP contribution >= 0.6 is 0 Å². The topological polar surface area (TPSA) is 90.0 Å². The first-order chi connectivity index (χ1) is 20.8. The van der Waals surface area contributed by atoms with E-state index in [1.54, 1.807) is 48.5 Å². The number of aromatic nitrogens is 3. The minimum Gasteiger partial charge on any atom is -0.473 e. The highest BCUT2D eigenvalue weighted by Gasteiger charge is 2.32. The van der Waals surface area contributed by atoms with Crippen LogP contribution in [0, 0.1) is 28.9 Å². The van der Waals surface area contributed by atoms with Gasteiger partial charge in [0.1, 0.15) is 24.1 Å². The van der Waals surface area contributed by atoms with Crippen molar-refractivity contribution in [3.63, 3.8) is 0 Å². The molecule has 0 radical (unpaired) electrons. The third kappa shape index (κ3) is 5.82. The Morgan fingerprint density at radius 3 is 2.53 bits per heavy atom. The molecule has 1 saturated carbocycles. The van der Waals surface area contributed by atoms with Crippen LogP contribution in [0.5, 0.6) is 5.88 Å². The number of esters is 1. The molecule has 1 aliphatic rings. The summed E-state index contributed by atoms with van der Waals surface area (Å²) in [6.45, 7) is 2.08. The summed E-state index contributed by atoms with van der Waals surface area (Å²) in [5.41, 5.74) is 4.11. The van der Waals surface area contributed by atoms with Crippen molar-refractivity contribution >= 4 is 17.0 Å². The van der Waals surface area contributed by atoms with E-state index in [0.29, 0.717) is 33.9 Å². The number of rotatable bonds is 9. The van der Waals surface area contributed by atoms with Crippen LogP contribution in [0.1, 0.15) is 58.7 Å². The number of fused-ring (bicyclic) bond motifs is 1. The second kappa shape index (κ2) is 11.6. The van der Waals surface area contributed by atoms with Crippen molar-refractivity contribution in [2.75, 3.05) is 7.11 Å². The van der Waals surface area contributed by atoms with Crippen molar-refractivity contribution < 1.29 is 23.0 Å². The van der Waals surface area contributed by atoms with Gasteiger partial charge in [-0.25, -0.2) is 23.5 Å². The molecule has 0 spiro atoms. The third-order valence-electron chi connectivity index (χ3n) is 7.87. The number of methoxy groups -OCH3 is 1. The molecule has 0 saturated heterocycles. The van der Waals surface area contributed by atoms with Gasteiger partial charge in [0.05, 0.1) is 41.0 Å². The molecule has 0 aliphatic heterocycles. The van der Waals surface area contributed by atoms with E-state index in [1.165, 1.54) is 25.3 Å². The average molecular weight is 579 g/mol. The van der Waals surface area contributed by atoms with Crippen LogP contribution in [0.3, 0.4) is 0 Å². The number of ether oxygens (including phenoxy) is 2. The molecule has 1 aliphatic carbocycles. The van der Waals surface area contributed by atoms with Gasteiger partial charge in [-0.2, -0.15) is 5.26 Å². The molecule has 0 amide bonds. The number of benzene rings is 3. The van der Waals surface area contributed by atoms with Crippen molar-refractivity contribution in [2.45, 2.75) is 38.8 Å². The second-order valence-electron chi connectivity index (χ2n) is 10.7. The van der Waals surface area contributed by atoms with Crippen LogP contribution in [-0.4, -0.2) is 27.6 Å². The Balaban J connectivity index is 1.24. The van der Waals surface area contributed by atoms with E-state index in [2.05, 4.69) is 16.5 Å². The average Bonchev–Trinajstić information content (AvgIpc) is 3.82. The first kappa shape index (κ1) is 28.0. The van der Waals surface area contributed by atoms with E-state index in [0.717, 1.165) is 35.8 Å². The number of carbonyl (C=O) groups excluding carboxylic acids is 1. The molecule has 2 aromatic heterocycles. The van der Waals surface area contributed by atoms with Gasteiger partial charge < -0.3 is 14.0 Å². The van der Waals surface area contributed by atoms with Crippen molar-refractivity contribution in [3.8, 4) is 23.2 Å². The number of nitrogens with zero attached hydrogens (tertiary/aromatic N) is 4. The molecule has 7 nitrogen and oxygen atoms in total. The summed E-state index contributed by atoms with van der Waals surface area (Å²) < 4.78 is 42.5. The molecule has 43 heavy (non-hydrogen) atoms. The van der Waals surface area contributed by atoms with Crippen LogP contribution in [-0.2, 0) is 17.8 Å². The lowest BCUT2D eigenvalue weighted by Crippen LogP contribution is -2.12. The van der Waals surface area contributed by atoms with Gasteiger partial charge in [-0.15, -0.1) is 0 Å². The summed E-state index contributed by atoms with van der Waals surface area (Å²) >= 11 is 0. The lowest BCUT2D eigenvalue weighted by Gasteiger charge is -2.18. The highest BCUT2D eigenvalue weighted by Crippen LogP contribution is 2.42. The van der Waals surface area contributed by atoms with Gasteiger partial charge in [-0.05, 0) is 73.7 Å². The summed E-state index contributed by atoms with van der Waals surface area (Å²) in [5.74, 6) is 0.169. The quantitative estimate of drug-likeness (QED) is 0.172. The first-order valence-electron chi connectivity index (χ1n) is 14.0. The van der Waals surface area contributed by atoms with E-state index in [1.807, 2.05) is 6.07 Å². The van der Waals surface area contributed by atoms with Crippen molar-refractivity contribution in [1.29, 1.82) is 5.26 Å². The molecule has 0 unspecified atom stereocenters. The van der Waals surface area contributed by atoms with Gasteiger partial charge in [0.2, 0.25) is 5.88 Å². The molecule has 1 fully saturated rings. The first-order valence-corrected chi connectivity index (χ1v) is 14.0. The van der Waals surface area contributed by atoms with Gasteiger partial charge in [-0.3, -0.25) is 0 Å². The molecule has 9 heteroatoms. The van der Waals surface area contributed by atoms with E-state index in [4.69, 9.17) is 19.7 Å². The summed E-state index contributed by atoms with van der Waals surface area (Å²) in [4.78, 5) is 21.5. The normalized spacial score (nSPS) is 13.5. The zero-order chi connectivity index (χ0) is 30.1. The predicted octanol–water partition coefficient (Wildman–Crippen LogP) is 7.18. The van der Waals surface area contributed by atoms with Crippen molar-refractivity contribution in [3.05, 3.63) is 113 Å². The van der Waals surface area contributed by atoms with E-state index < -0.39 is 17.6 Å². The molecular weight excluding hydrogens is 550 g/mol. The van der Waals surface area contributed by atoms with Crippen molar-refractivity contribution in [1.82, 2.24) is 14.5 Å². The van der Waals surface area contributed by atoms with Gasteiger partial charge >= 0.3 is 5.97 Å². The van der Waals surface area contributed by atoms with Gasteiger partial charge in [0, 0.05) is 29.7 Å². The molecule has 1 atom stereocenters. The molecule has 5 aromatic rings. The number of hydrogen-bond donors (Lipinski definition) is 0. The van der Waals surface area contributed by atoms with Crippen LogP contribution in [0.4, 0.5) is 8.78 Å². The lowest BCUT2D eigenvalue weighted by atomic mass is 10.0. The van der Waals surface area contributed by atoms with Crippen LogP contribution < -0.4 is 4.74 Å². The monoisotopic (exact) mass is 578 g/mol. The summed E-state index contributed by atoms with van der Waals surface area (Å²) in [6.07, 6.45) is 2.52. The largest absolute Gasteiger partial charge is 0.473 e. The highest BCUT2D eigenvalue weighted by atomic mass is 19.1. The third-order valence-corrected chi connectivity index (χ3v) is 7.87. The fourth-order valence-electron chi connectivity index (χ4n) is 5.32. The lowest BCUT2D eigenvalue weighted by molar-refractivity contribution is 0.0601. The number of nitriles is 1. The van der Waals surface area contributed by atoms with Crippen molar-refractivity contribution in [2.24, 2.45) is 5.92 Å². The number of carbonyl (C=O) groups is 1. The summed E-state index contributed by atoms with van der Waals surface area (Å²) in [7, 11) is 1.35.